The SMILES string of the molecule is CC(C(=O)N1CCC2(N)N(Cc3ccccc3)C[C@H](c3c[nH]c4cc(F)ccc34)[C@@]12C)C1CCCCC1.CN[C@@H](C)C(C)=O. The first-order chi connectivity index (χ1) is 21.0. The van der Waals surface area contributed by atoms with E-state index in [9.17, 15) is 14.0 Å². The third-order valence-corrected chi connectivity index (χ3v) is 11.1. The van der Waals surface area contributed by atoms with Gasteiger partial charge >= 0.3 is 0 Å². The molecule has 1 amide bonds. The number of nitrogens with zero attached hydrogens (tertiary/aromatic N) is 2. The number of likely N-dealkylation sites (N-methyl/N-ethyl adjacent to an activating group) is 1. The van der Waals surface area contributed by atoms with Gasteiger partial charge in [0.05, 0.1) is 17.2 Å². The molecule has 8 heteroatoms. The number of aromatic amines is 1. The van der Waals surface area contributed by atoms with Crippen LogP contribution in [0.4, 0.5) is 4.39 Å². The highest BCUT2D eigenvalue weighted by Gasteiger charge is 2.67. The summed E-state index contributed by atoms with van der Waals surface area (Å²) in [5.74, 6) is 0.637. The van der Waals surface area contributed by atoms with Crippen LogP contribution >= 0.6 is 0 Å². The van der Waals surface area contributed by atoms with Crippen LogP contribution in [0.2, 0.25) is 0 Å². The van der Waals surface area contributed by atoms with Gasteiger partial charge in [-0.15, -0.1) is 0 Å². The van der Waals surface area contributed by atoms with Crippen molar-refractivity contribution in [2.24, 2.45) is 17.6 Å². The van der Waals surface area contributed by atoms with Gasteiger partial charge < -0.3 is 20.9 Å². The van der Waals surface area contributed by atoms with Crippen LogP contribution in [-0.2, 0) is 16.1 Å². The molecule has 4 N–H and O–H groups in total. The van der Waals surface area contributed by atoms with Gasteiger partial charge in [-0.1, -0.05) is 56.5 Å². The van der Waals surface area contributed by atoms with Gasteiger partial charge in [0.1, 0.15) is 11.6 Å². The average Bonchev–Trinajstić information content (AvgIpc) is 3.63. The molecule has 3 aromatic rings. The van der Waals surface area contributed by atoms with Crippen LogP contribution in [0.5, 0.6) is 0 Å². The molecule has 44 heavy (non-hydrogen) atoms. The molecular formula is C36H50FN5O2. The summed E-state index contributed by atoms with van der Waals surface area (Å²) in [6, 6.07) is 15.4. The Morgan fingerprint density at radius 3 is 2.45 bits per heavy atom. The lowest BCUT2D eigenvalue weighted by molar-refractivity contribution is -0.142. The van der Waals surface area contributed by atoms with Gasteiger partial charge in [0.15, 0.2) is 0 Å². The number of benzene rings is 2. The molecule has 0 radical (unpaired) electrons. The van der Waals surface area contributed by atoms with E-state index in [1.54, 1.807) is 20.0 Å². The van der Waals surface area contributed by atoms with Crippen LogP contribution in [-0.4, -0.2) is 63.9 Å². The minimum atomic E-state index is -0.654. The molecule has 5 atom stereocenters. The second-order valence-electron chi connectivity index (χ2n) is 13.5. The summed E-state index contributed by atoms with van der Waals surface area (Å²) in [6.45, 7) is 9.90. The minimum absolute atomic E-state index is 0.000336. The van der Waals surface area contributed by atoms with Crippen molar-refractivity contribution in [2.45, 2.75) is 95.9 Å². The van der Waals surface area contributed by atoms with Crippen LogP contribution in [0, 0.1) is 17.7 Å². The molecule has 0 bridgehead atoms. The van der Waals surface area contributed by atoms with Crippen molar-refractivity contribution in [1.29, 1.82) is 0 Å². The molecule has 1 aromatic heterocycles. The maximum atomic E-state index is 14.2. The summed E-state index contributed by atoms with van der Waals surface area (Å²) in [7, 11) is 1.77. The first-order valence-electron chi connectivity index (χ1n) is 16.3. The number of halogens is 1. The molecule has 1 aliphatic carbocycles. The molecule has 2 saturated heterocycles. The number of carbonyl (C=O) groups excluding carboxylic acids is 2. The van der Waals surface area contributed by atoms with Gasteiger partial charge in [-0.2, -0.15) is 0 Å². The summed E-state index contributed by atoms with van der Waals surface area (Å²) in [4.78, 5) is 32.4. The Morgan fingerprint density at radius 2 is 1.82 bits per heavy atom. The third-order valence-electron chi connectivity index (χ3n) is 11.1. The number of Topliss-reactive ketones (excluding diaryl/α,β-unsaturated/α-hetero) is 1. The fraction of sp³-hybridized carbons (Fsp3) is 0.556. The Morgan fingerprint density at radius 1 is 1.11 bits per heavy atom. The lowest BCUT2D eigenvalue weighted by Gasteiger charge is -2.47. The number of rotatable bonds is 7. The topological polar surface area (TPSA) is 94.5 Å². The smallest absolute Gasteiger partial charge is 0.226 e. The Labute approximate surface area is 261 Å². The fourth-order valence-electron chi connectivity index (χ4n) is 7.97. The lowest BCUT2D eigenvalue weighted by atomic mass is 9.75. The van der Waals surface area contributed by atoms with E-state index in [4.69, 9.17) is 5.73 Å². The maximum absolute atomic E-state index is 14.2. The number of amides is 1. The molecule has 238 valence electrons. The number of H-pyrrole nitrogens is 1. The van der Waals surface area contributed by atoms with Crippen molar-refractivity contribution in [3.63, 3.8) is 0 Å². The quantitative estimate of drug-likeness (QED) is 0.310. The largest absolute Gasteiger partial charge is 0.361 e. The molecule has 3 aliphatic rings. The monoisotopic (exact) mass is 603 g/mol. The van der Waals surface area contributed by atoms with Crippen molar-refractivity contribution < 1.29 is 14.0 Å². The summed E-state index contributed by atoms with van der Waals surface area (Å²) >= 11 is 0. The summed E-state index contributed by atoms with van der Waals surface area (Å²) < 4.78 is 14.0. The summed E-state index contributed by atoms with van der Waals surface area (Å²) in [5.41, 5.74) is 9.32. The number of hydrogen-bond donors (Lipinski definition) is 3. The number of nitrogens with one attached hydrogen (secondary N) is 2. The standard InChI is InChI=1S/C31H39FN4O.C5H11NO/c1-21(23-11-7-4-8-12-23)29(37)36-16-15-31(33)30(36,2)27(20-35(31)19-22-9-5-3-6-10-22)26-18-34-28-17-24(32)13-14-25(26)28;1-4(6-3)5(2)7/h3,5-6,9-10,13-14,17-18,21,23,27,34H,4,7-8,11-12,15-16,19-20,33H2,1-2H3;4,6H,1-3H3/t21?,27-,30-,31?;4-/m10/s1. The number of carbonyl (C=O) groups is 2. The molecule has 6 rings (SSSR count). The van der Waals surface area contributed by atoms with E-state index in [0.29, 0.717) is 12.5 Å². The molecule has 2 aromatic carbocycles. The normalized spacial score (nSPS) is 27.1. The predicted octanol–water partition coefficient (Wildman–Crippen LogP) is 5.95. The third kappa shape index (κ3) is 5.84. The van der Waals surface area contributed by atoms with Gasteiger partial charge in [-0.25, -0.2) is 4.39 Å². The van der Waals surface area contributed by atoms with Crippen molar-refractivity contribution >= 4 is 22.6 Å². The summed E-state index contributed by atoms with van der Waals surface area (Å²) in [6.07, 6.45) is 8.76. The summed E-state index contributed by atoms with van der Waals surface area (Å²) in [5, 5.41) is 3.83. The number of hydrogen-bond acceptors (Lipinski definition) is 5. The second-order valence-corrected chi connectivity index (χ2v) is 13.5. The molecule has 1 saturated carbocycles. The average molecular weight is 604 g/mol. The molecule has 3 heterocycles. The Kier molecular flexibility index (Phi) is 9.64. The van der Waals surface area contributed by atoms with Gasteiger partial charge in [-0.05, 0) is 82.3 Å². The van der Waals surface area contributed by atoms with Crippen molar-refractivity contribution in [1.82, 2.24) is 20.1 Å². The zero-order chi connectivity index (χ0) is 31.6. The van der Waals surface area contributed by atoms with Crippen LogP contribution in [0.1, 0.15) is 83.3 Å². The van der Waals surface area contributed by atoms with Crippen LogP contribution < -0.4 is 11.1 Å². The van der Waals surface area contributed by atoms with Crippen molar-refractivity contribution in [3.8, 4) is 0 Å². The van der Waals surface area contributed by atoms with Crippen molar-refractivity contribution in [3.05, 3.63) is 71.7 Å². The number of nitrogens with two attached hydrogens (primary N) is 1. The number of likely N-dealkylation sites (tertiary alicyclic amines) is 2. The van der Waals surface area contributed by atoms with E-state index in [1.165, 1.54) is 30.9 Å². The molecule has 7 nitrogen and oxygen atoms in total. The Bertz CT molecular complexity index is 1450. The number of aromatic nitrogens is 1. The maximum Gasteiger partial charge on any atom is 0.226 e. The second kappa shape index (κ2) is 13.1. The lowest BCUT2D eigenvalue weighted by Crippen LogP contribution is -2.66. The molecule has 2 unspecified atom stereocenters. The number of ketones is 1. The van der Waals surface area contributed by atoms with Gasteiger partial charge in [0.2, 0.25) is 5.91 Å². The van der Waals surface area contributed by atoms with Crippen molar-refractivity contribution in [2.75, 3.05) is 20.1 Å². The molecule has 3 fully saturated rings. The molecular weight excluding hydrogens is 553 g/mol. The Balaban J connectivity index is 0.000000493. The highest BCUT2D eigenvalue weighted by Crippen LogP contribution is 2.55. The van der Waals surface area contributed by atoms with E-state index >= 15 is 0 Å². The van der Waals surface area contributed by atoms with Gasteiger partial charge in [-0.3, -0.25) is 14.5 Å². The van der Waals surface area contributed by atoms with E-state index in [2.05, 4.69) is 58.2 Å². The van der Waals surface area contributed by atoms with Crippen LogP contribution in [0.3, 0.4) is 0 Å². The van der Waals surface area contributed by atoms with Gasteiger partial charge in [0, 0.05) is 48.6 Å². The Hall–Kier alpha value is -3.07. The zero-order valence-corrected chi connectivity index (χ0v) is 27.0. The van der Waals surface area contributed by atoms with Gasteiger partial charge in [0.25, 0.3) is 0 Å². The van der Waals surface area contributed by atoms with Crippen LogP contribution in [0.25, 0.3) is 10.9 Å². The highest BCUT2D eigenvalue weighted by atomic mass is 19.1. The first-order valence-corrected chi connectivity index (χ1v) is 16.3. The first kappa shape index (κ1) is 32.3. The van der Waals surface area contributed by atoms with Crippen LogP contribution in [0.15, 0.2) is 54.7 Å². The minimum Gasteiger partial charge on any atom is -0.361 e. The van der Waals surface area contributed by atoms with E-state index in [0.717, 1.165) is 48.8 Å². The zero-order valence-electron chi connectivity index (χ0n) is 27.0. The molecule has 2 aliphatic heterocycles. The van der Waals surface area contributed by atoms with E-state index in [1.807, 2.05) is 25.3 Å². The molecule has 0 spiro atoms. The predicted molar refractivity (Wildman–Crippen MR) is 174 cm³/mol. The number of fused-ring (bicyclic) bond motifs is 2. The van der Waals surface area contributed by atoms with E-state index in [-0.39, 0.29) is 35.4 Å². The fourth-order valence-corrected chi connectivity index (χ4v) is 7.97. The van der Waals surface area contributed by atoms with E-state index < -0.39 is 11.2 Å². The highest BCUT2D eigenvalue weighted by molar-refractivity contribution is 5.85.